The second-order valence-electron chi connectivity index (χ2n) is 7.23. The molecule has 1 aliphatic heterocycles. The molecule has 0 aromatic heterocycles. The van der Waals surface area contributed by atoms with Crippen molar-refractivity contribution in [1.82, 2.24) is 9.62 Å². The Labute approximate surface area is 155 Å². The SMILES string of the molecule is CC(C)(O)C#Cc1ccc(C(=O)NCC2CCCN(S(C)(=O)=O)C2)cc1. The van der Waals surface area contributed by atoms with E-state index in [9.17, 15) is 18.3 Å². The molecule has 1 amide bonds. The zero-order valence-electron chi connectivity index (χ0n) is 15.4. The van der Waals surface area contributed by atoms with Crippen molar-refractivity contribution in [2.75, 3.05) is 25.9 Å². The van der Waals surface area contributed by atoms with E-state index >= 15 is 0 Å². The van der Waals surface area contributed by atoms with Gasteiger partial charge < -0.3 is 10.4 Å². The Kier molecular flexibility index (Phi) is 6.45. The molecule has 2 N–H and O–H groups in total. The molecule has 1 aromatic rings. The molecule has 0 bridgehead atoms. The summed E-state index contributed by atoms with van der Waals surface area (Å²) in [6.45, 7) is 4.67. The molecular formula is C19H26N2O4S. The lowest BCUT2D eigenvalue weighted by atomic mass is 9.99. The van der Waals surface area contributed by atoms with Crippen LogP contribution in [0.5, 0.6) is 0 Å². The van der Waals surface area contributed by atoms with Crippen LogP contribution < -0.4 is 5.32 Å². The van der Waals surface area contributed by atoms with Gasteiger partial charge >= 0.3 is 0 Å². The first-order valence-corrected chi connectivity index (χ1v) is 10.5. The number of hydrogen-bond acceptors (Lipinski definition) is 4. The molecule has 142 valence electrons. The minimum Gasteiger partial charge on any atom is -0.378 e. The van der Waals surface area contributed by atoms with Crippen LogP contribution in [0.15, 0.2) is 24.3 Å². The number of amides is 1. The average Bonchev–Trinajstić information content (AvgIpc) is 2.57. The first-order chi connectivity index (χ1) is 12.0. The summed E-state index contributed by atoms with van der Waals surface area (Å²) in [5, 5.41) is 12.5. The summed E-state index contributed by atoms with van der Waals surface area (Å²) in [5.74, 6) is 5.52. The molecule has 1 heterocycles. The Balaban J connectivity index is 1.90. The third kappa shape index (κ3) is 6.45. The lowest BCUT2D eigenvalue weighted by Gasteiger charge is -2.30. The number of benzene rings is 1. The number of nitrogens with zero attached hydrogens (tertiary/aromatic N) is 1. The second-order valence-corrected chi connectivity index (χ2v) is 9.21. The van der Waals surface area contributed by atoms with Gasteiger partial charge in [-0.1, -0.05) is 11.8 Å². The van der Waals surface area contributed by atoms with Crippen LogP contribution in [-0.4, -0.2) is 55.2 Å². The lowest BCUT2D eigenvalue weighted by molar-refractivity contribution is 0.0941. The number of piperidine rings is 1. The average molecular weight is 378 g/mol. The predicted molar refractivity (Wildman–Crippen MR) is 101 cm³/mol. The van der Waals surface area contributed by atoms with Gasteiger partial charge in [-0.3, -0.25) is 4.79 Å². The molecule has 0 saturated carbocycles. The van der Waals surface area contributed by atoms with Gasteiger partial charge in [-0.25, -0.2) is 12.7 Å². The maximum absolute atomic E-state index is 12.3. The number of rotatable bonds is 4. The summed E-state index contributed by atoms with van der Waals surface area (Å²) in [6, 6.07) is 6.85. The van der Waals surface area contributed by atoms with E-state index < -0.39 is 15.6 Å². The van der Waals surface area contributed by atoms with E-state index in [-0.39, 0.29) is 11.8 Å². The van der Waals surface area contributed by atoms with Crippen LogP contribution >= 0.6 is 0 Å². The van der Waals surface area contributed by atoms with Crippen LogP contribution in [0.2, 0.25) is 0 Å². The summed E-state index contributed by atoms with van der Waals surface area (Å²) in [6.07, 6.45) is 2.93. The van der Waals surface area contributed by atoms with Gasteiger partial charge in [0.25, 0.3) is 5.91 Å². The fourth-order valence-electron chi connectivity index (χ4n) is 2.76. The Morgan fingerprint density at radius 1 is 1.35 bits per heavy atom. The molecule has 1 aliphatic rings. The van der Waals surface area contributed by atoms with Crippen LogP contribution in [0.3, 0.4) is 0 Å². The number of nitrogens with one attached hydrogen (secondary N) is 1. The standard InChI is InChI=1S/C19H26N2O4S/c1-19(2,23)11-10-15-6-8-17(9-7-15)18(22)20-13-16-5-4-12-21(14-16)26(3,24)25/h6-9,16,23H,4-5,12-14H2,1-3H3,(H,20,22). The molecule has 0 radical (unpaired) electrons. The largest absolute Gasteiger partial charge is 0.378 e. The van der Waals surface area contributed by atoms with Crippen LogP contribution in [0.1, 0.15) is 42.6 Å². The zero-order chi connectivity index (χ0) is 19.4. The summed E-state index contributed by atoms with van der Waals surface area (Å²) < 4.78 is 24.8. The van der Waals surface area contributed by atoms with Crippen LogP contribution in [-0.2, 0) is 10.0 Å². The number of carbonyl (C=O) groups excluding carboxylic acids is 1. The van der Waals surface area contributed by atoms with Crippen molar-refractivity contribution in [2.45, 2.75) is 32.3 Å². The first-order valence-electron chi connectivity index (χ1n) is 8.63. The van der Waals surface area contributed by atoms with Gasteiger partial charge in [0.1, 0.15) is 5.60 Å². The third-order valence-corrected chi connectivity index (χ3v) is 5.43. The van der Waals surface area contributed by atoms with Gasteiger partial charge in [0.2, 0.25) is 10.0 Å². The normalized spacial score (nSPS) is 18.7. The molecule has 7 heteroatoms. The molecule has 0 aliphatic carbocycles. The number of hydrogen-bond donors (Lipinski definition) is 2. The molecule has 1 saturated heterocycles. The molecule has 1 unspecified atom stereocenters. The van der Waals surface area contributed by atoms with Crippen LogP contribution in [0, 0.1) is 17.8 Å². The number of aliphatic hydroxyl groups is 1. The van der Waals surface area contributed by atoms with Gasteiger partial charge in [0.05, 0.1) is 6.26 Å². The number of carbonyl (C=O) groups is 1. The highest BCUT2D eigenvalue weighted by Gasteiger charge is 2.26. The van der Waals surface area contributed by atoms with Gasteiger partial charge in [-0.15, -0.1) is 0 Å². The third-order valence-electron chi connectivity index (χ3n) is 4.16. The van der Waals surface area contributed by atoms with E-state index in [0.29, 0.717) is 25.2 Å². The predicted octanol–water partition coefficient (Wildman–Crippen LogP) is 1.21. The molecule has 6 nitrogen and oxygen atoms in total. The van der Waals surface area contributed by atoms with Crippen molar-refractivity contribution in [3.05, 3.63) is 35.4 Å². The Bertz CT molecular complexity index is 799. The molecule has 26 heavy (non-hydrogen) atoms. The summed E-state index contributed by atoms with van der Waals surface area (Å²) in [4.78, 5) is 12.3. The van der Waals surface area contributed by atoms with Crippen molar-refractivity contribution in [3.63, 3.8) is 0 Å². The molecule has 2 rings (SSSR count). The summed E-state index contributed by atoms with van der Waals surface area (Å²) >= 11 is 0. The maximum atomic E-state index is 12.3. The zero-order valence-corrected chi connectivity index (χ0v) is 16.3. The molecule has 1 fully saturated rings. The van der Waals surface area contributed by atoms with Crippen molar-refractivity contribution in [1.29, 1.82) is 0 Å². The van der Waals surface area contributed by atoms with E-state index in [2.05, 4.69) is 17.2 Å². The van der Waals surface area contributed by atoms with E-state index in [4.69, 9.17) is 0 Å². The fraction of sp³-hybridized carbons (Fsp3) is 0.526. The fourth-order valence-corrected chi connectivity index (χ4v) is 3.71. The van der Waals surface area contributed by atoms with Crippen LogP contribution in [0.4, 0.5) is 0 Å². The highest BCUT2D eigenvalue weighted by atomic mass is 32.2. The molecule has 0 spiro atoms. The van der Waals surface area contributed by atoms with E-state index in [1.165, 1.54) is 10.6 Å². The van der Waals surface area contributed by atoms with Gasteiger partial charge in [-0.05, 0) is 56.9 Å². The highest BCUT2D eigenvalue weighted by Crippen LogP contribution is 2.18. The van der Waals surface area contributed by atoms with Crippen molar-refractivity contribution in [3.8, 4) is 11.8 Å². The molecule has 1 atom stereocenters. The topological polar surface area (TPSA) is 86.7 Å². The van der Waals surface area contributed by atoms with E-state index in [1.807, 2.05) is 0 Å². The monoisotopic (exact) mass is 378 g/mol. The molecular weight excluding hydrogens is 352 g/mol. The Morgan fingerprint density at radius 3 is 2.58 bits per heavy atom. The maximum Gasteiger partial charge on any atom is 0.251 e. The summed E-state index contributed by atoms with van der Waals surface area (Å²) in [7, 11) is -3.18. The van der Waals surface area contributed by atoms with Crippen LogP contribution in [0.25, 0.3) is 0 Å². The van der Waals surface area contributed by atoms with Crippen molar-refractivity contribution in [2.24, 2.45) is 5.92 Å². The first kappa shape index (κ1) is 20.4. The number of sulfonamides is 1. The quantitative estimate of drug-likeness (QED) is 0.771. The van der Waals surface area contributed by atoms with Gasteiger partial charge in [-0.2, -0.15) is 0 Å². The van der Waals surface area contributed by atoms with Crippen molar-refractivity contribution < 1.29 is 18.3 Å². The van der Waals surface area contributed by atoms with Crippen molar-refractivity contribution >= 4 is 15.9 Å². The summed E-state index contributed by atoms with van der Waals surface area (Å²) in [5.41, 5.74) is 0.185. The van der Waals surface area contributed by atoms with E-state index in [0.717, 1.165) is 18.4 Å². The Morgan fingerprint density at radius 2 is 2.00 bits per heavy atom. The highest BCUT2D eigenvalue weighted by molar-refractivity contribution is 7.88. The van der Waals surface area contributed by atoms with Gasteiger partial charge in [0, 0.05) is 30.8 Å². The van der Waals surface area contributed by atoms with Gasteiger partial charge in [0.15, 0.2) is 0 Å². The minimum atomic E-state index is -3.18. The smallest absolute Gasteiger partial charge is 0.251 e. The molecule has 1 aromatic carbocycles. The lowest BCUT2D eigenvalue weighted by Crippen LogP contribution is -2.43. The minimum absolute atomic E-state index is 0.124. The second kappa shape index (κ2) is 8.21. The van der Waals surface area contributed by atoms with E-state index in [1.54, 1.807) is 38.1 Å². The Hall–Kier alpha value is -1.88.